The third-order valence-electron chi connectivity index (χ3n) is 1.96. The molecule has 2 rings (SSSR count). The van der Waals surface area contributed by atoms with Crippen molar-refractivity contribution in [3.05, 3.63) is 35.1 Å². The number of aromatic nitrogens is 2. The molecule has 0 radical (unpaired) electrons. The largest absolute Gasteiger partial charge is 0.326 e. The van der Waals surface area contributed by atoms with Gasteiger partial charge in [0.2, 0.25) is 0 Å². The minimum atomic E-state index is 0.480. The molecule has 0 unspecified atom stereocenters. The van der Waals surface area contributed by atoms with Crippen LogP contribution < -0.4 is 5.73 Å². The first-order valence-corrected chi connectivity index (χ1v) is 5.25. The van der Waals surface area contributed by atoms with Gasteiger partial charge in [0.25, 0.3) is 0 Å². The monoisotopic (exact) mass is 205 g/mol. The highest BCUT2D eigenvalue weighted by Crippen LogP contribution is 2.25. The van der Waals surface area contributed by atoms with Gasteiger partial charge in [0.1, 0.15) is 5.82 Å². The fourth-order valence-electron chi connectivity index (χ4n) is 1.27. The molecule has 0 atom stereocenters. The number of aryl methyl sites for hydroxylation is 1. The second kappa shape index (κ2) is 3.86. The molecule has 0 saturated carbocycles. The number of hydrogen-bond donors (Lipinski definition) is 1. The molecule has 2 N–H and O–H groups in total. The lowest BCUT2D eigenvalue weighted by atomic mass is 10.2. The Kier molecular flexibility index (Phi) is 2.56. The molecular formula is C10H11N3S. The van der Waals surface area contributed by atoms with Crippen LogP contribution in [0, 0.1) is 6.92 Å². The molecule has 14 heavy (non-hydrogen) atoms. The molecule has 0 aliphatic carbocycles. The second-order valence-electron chi connectivity index (χ2n) is 2.97. The molecule has 0 amide bonds. The lowest BCUT2D eigenvalue weighted by Crippen LogP contribution is -2.02. The SMILES string of the molecule is Cc1ncc(CN)c(-c2cccs2)n1. The van der Waals surface area contributed by atoms with Crippen LogP contribution in [0.2, 0.25) is 0 Å². The Labute approximate surface area is 86.6 Å². The zero-order valence-corrected chi connectivity index (χ0v) is 8.71. The molecule has 0 spiro atoms. The van der Waals surface area contributed by atoms with E-state index in [2.05, 4.69) is 9.97 Å². The van der Waals surface area contributed by atoms with Gasteiger partial charge in [-0.1, -0.05) is 6.07 Å². The van der Waals surface area contributed by atoms with E-state index in [9.17, 15) is 0 Å². The third kappa shape index (κ3) is 1.66. The Balaban J connectivity index is 2.55. The summed E-state index contributed by atoms with van der Waals surface area (Å²) in [5, 5.41) is 2.03. The average Bonchev–Trinajstić information content (AvgIpc) is 2.70. The summed E-state index contributed by atoms with van der Waals surface area (Å²) in [5.41, 5.74) is 7.60. The predicted octanol–water partition coefficient (Wildman–Crippen LogP) is 1.97. The van der Waals surface area contributed by atoms with Crippen LogP contribution >= 0.6 is 11.3 Å². The highest BCUT2D eigenvalue weighted by Gasteiger charge is 2.07. The summed E-state index contributed by atoms with van der Waals surface area (Å²) in [4.78, 5) is 9.69. The van der Waals surface area contributed by atoms with Crippen LogP contribution in [0.5, 0.6) is 0 Å². The predicted molar refractivity (Wildman–Crippen MR) is 58.0 cm³/mol. The van der Waals surface area contributed by atoms with Crippen molar-refractivity contribution in [3.8, 4) is 10.6 Å². The van der Waals surface area contributed by atoms with Gasteiger partial charge < -0.3 is 5.73 Å². The summed E-state index contributed by atoms with van der Waals surface area (Å²) in [7, 11) is 0. The standard InChI is InChI=1S/C10H11N3S/c1-7-12-6-8(5-11)10(13-7)9-3-2-4-14-9/h2-4,6H,5,11H2,1H3. The van der Waals surface area contributed by atoms with E-state index in [0.29, 0.717) is 6.54 Å². The van der Waals surface area contributed by atoms with E-state index >= 15 is 0 Å². The number of thiophene rings is 1. The first-order valence-electron chi connectivity index (χ1n) is 4.37. The van der Waals surface area contributed by atoms with Gasteiger partial charge in [-0.25, -0.2) is 9.97 Å². The van der Waals surface area contributed by atoms with E-state index in [1.54, 1.807) is 17.5 Å². The van der Waals surface area contributed by atoms with Gasteiger partial charge in [-0.2, -0.15) is 0 Å². The number of hydrogen-bond acceptors (Lipinski definition) is 4. The summed E-state index contributed by atoms with van der Waals surface area (Å²) in [6.07, 6.45) is 1.80. The molecule has 2 aromatic heterocycles. The summed E-state index contributed by atoms with van der Waals surface area (Å²) in [6.45, 7) is 2.37. The molecule has 2 heterocycles. The zero-order chi connectivity index (χ0) is 9.97. The molecule has 72 valence electrons. The number of nitrogens with two attached hydrogens (primary N) is 1. The van der Waals surface area contributed by atoms with Crippen molar-refractivity contribution in [1.29, 1.82) is 0 Å². The smallest absolute Gasteiger partial charge is 0.125 e. The van der Waals surface area contributed by atoms with Crippen molar-refractivity contribution in [1.82, 2.24) is 9.97 Å². The number of nitrogens with zero attached hydrogens (tertiary/aromatic N) is 2. The maximum absolute atomic E-state index is 5.63. The van der Waals surface area contributed by atoms with Crippen molar-refractivity contribution in [3.63, 3.8) is 0 Å². The van der Waals surface area contributed by atoms with Gasteiger partial charge in [-0.15, -0.1) is 11.3 Å². The van der Waals surface area contributed by atoms with E-state index < -0.39 is 0 Å². The molecule has 2 aromatic rings. The van der Waals surface area contributed by atoms with Crippen LogP contribution in [-0.2, 0) is 6.54 Å². The van der Waals surface area contributed by atoms with Gasteiger partial charge >= 0.3 is 0 Å². The Hall–Kier alpha value is -1.26. The Morgan fingerprint density at radius 3 is 3.00 bits per heavy atom. The highest BCUT2D eigenvalue weighted by atomic mass is 32.1. The van der Waals surface area contributed by atoms with Gasteiger partial charge in [-0.3, -0.25) is 0 Å². The molecular weight excluding hydrogens is 194 g/mol. The molecule has 4 heteroatoms. The van der Waals surface area contributed by atoms with E-state index in [4.69, 9.17) is 5.73 Å². The number of rotatable bonds is 2. The van der Waals surface area contributed by atoms with E-state index in [1.165, 1.54) is 0 Å². The van der Waals surface area contributed by atoms with Crippen LogP contribution in [0.15, 0.2) is 23.7 Å². The molecule has 0 saturated heterocycles. The van der Waals surface area contributed by atoms with Crippen molar-refractivity contribution < 1.29 is 0 Å². The molecule has 3 nitrogen and oxygen atoms in total. The van der Waals surface area contributed by atoms with Crippen molar-refractivity contribution in [2.24, 2.45) is 5.73 Å². The topological polar surface area (TPSA) is 51.8 Å². The van der Waals surface area contributed by atoms with Gasteiger partial charge in [0.05, 0.1) is 10.6 Å². The summed E-state index contributed by atoms with van der Waals surface area (Å²) >= 11 is 1.67. The quantitative estimate of drug-likeness (QED) is 0.815. The summed E-state index contributed by atoms with van der Waals surface area (Å²) < 4.78 is 0. The fourth-order valence-corrected chi connectivity index (χ4v) is 2.02. The van der Waals surface area contributed by atoms with Crippen LogP contribution in [0.1, 0.15) is 11.4 Å². The Morgan fingerprint density at radius 1 is 1.50 bits per heavy atom. The van der Waals surface area contributed by atoms with Crippen molar-refractivity contribution in [2.75, 3.05) is 0 Å². The van der Waals surface area contributed by atoms with Crippen LogP contribution in [0.25, 0.3) is 10.6 Å². The molecule has 0 bridgehead atoms. The molecule has 0 fully saturated rings. The summed E-state index contributed by atoms with van der Waals surface area (Å²) in [5.74, 6) is 0.783. The molecule has 0 aliphatic heterocycles. The zero-order valence-electron chi connectivity index (χ0n) is 7.90. The van der Waals surface area contributed by atoms with Crippen LogP contribution in [0.3, 0.4) is 0 Å². The van der Waals surface area contributed by atoms with Gasteiger partial charge in [0, 0.05) is 18.3 Å². The second-order valence-corrected chi connectivity index (χ2v) is 3.92. The third-order valence-corrected chi connectivity index (χ3v) is 2.84. The molecule has 0 aromatic carbocycles. The fraction of sp³-hybridized carbons (Fsp3) is 0.200. The lowest BCUT2D eigenvalue weighted by molar-refractivity contribution is 0.977. The van der Waals surface area contributed by atoms with Gasteiger partial charge in [0.15, 0.2) is 0 Å². The van der Waals surface area contributed by atoms with Crippen molar-refractivity contribution in [2.45, 2.75) is 13.5 Å². The first kappa shape index (κ1) is 9.30. The van der Waals surface area contributed by atoms with E-state index in [0.717, 1.165) is 22.0 Å². The van der Waals surface area contributed by atoms with Gasteiger partial charge in [-0.05, 0) is 18.4 Å². The molecule has 0 aliphatic rings. The Morgan fingerprint density at radius 2 is 2.36 bits per heavy atom. The minimum Gasteiger partial charge on any atom is -0.326 e. The average molecular weight is 205 g/mol. The van der Waals surface area contributed by atoms with Crippen molar-refractivity contribution >= 4 is 11.3 Å². The van der Waals surface area contributed by atoms with E-state index in [-0.39, 0.29) is 0 Å². The maximum Gasteiger partial charge on any atom is 0.125 e. The Bertz CT molecular complexity index is 423. The lowest BCUT2D eigenvalue weighted by Gasteiger charge is -2.04. The summed E-state index contributed by atoms with van der Waals surface area (Å²) in [6, 6.07) is 4.06. The maximum atomic E-state index is 5.63. The first-order chi connectivity index (χ1) is 6.81. The minimum absolute atomic E-state index is 0.480. The highest BCUT2D eigenvalue weighted by molar-refractivity contribution is 7.13. The van der Waals surface area contributed by atoms with Crippen LogP contribution in [-0.4, -0.2) is 9.97 Å². The van der Waals surface area contributed by atoms with E-state index in [1.807, 2.05) is 24.4 Å². The normalized spacial score (nSPS) is 10.4. The van der Waals surface area contributed by atoms with Crippen LogP contribution in [0.4, 0.5) is 0 Å².